The van der Waals surface area contributed by atoms with Crippen LogP contribution >= 0.6 is 0 Å². The fourth-order valence-electron chi connectivity index (χ4n) is 6.16. The van der Waals surface area contributed by atoms with Gasteiger partial charge in [0.1, 0.15) is 0 Å². The third-order valence-electron chi connectivity index (χ3n) is 7.71. The third-order valence-corrected chi connectivity index (χ3v) is 7.71. The summed E-state index contributed by atoms with van der Waals surface area (Å²) in [6, 6.07) is 18.8. The van der Waals surface area contributed by atoms with Gasteiger partial charge in [-0.2, -0.15) is 5.10 Å². The molecule has 0 radical (unpaired) electrons. The summed E-state index contributed by atoms with van der Waals surface area (Å²) in [5, 5.41) is 27.4. The topological polar surface area (TPSA) is 86.2 Å². The molecule has 2 aliphatic carbocycles. The average molecular weight is 443 g/mol. The SMILES string of the molecule is C[C@@H]1C(=O)/C(=C\O)C[C@]2(c3ccccc3)c3n[nH]c(-c4cccc(CCCO)c4)c3CC[C@@H]12. The van der Waals surface area contributed by atoms with E-state index in [9.17, 15) is 15.0 Å². The number of carbonyl (C=O) groups is 1. The molecule has 3 atom stereocenters. The zero-order chi connectivity index (χ0) is 23.0. The molecule has 0 spiro atoms. The van der Waals surface area contributed by atoms with E-state index >= 15 is 0 Å². The summed E-state index contributed by atoms with van der Waals surface area (Å²) < 4.78 is 0. The van der Waals surface area contributed by atoms with Gasteiger partial charge in [0, 0.05) is 34.6 Å². The van der Waals surface area contributed by atoms with E-state index in [1.54, 1.807) is 0 Å². The second kappa shape index (κ2) is 8.64. The Kier molecular flexibility index (Phi) is 5.67. The van der Waals surface area contributed by atoms with Crippen LogP contribution in [0.3, 0.4) is 0 Å². The number of fused-ring (bicyclic) bond motifs is 3. The van der Waals surface area contributed by atoms with Gasteiger partial charge in [-0.15, -0.1) is 0 Å². The second-order valence-electron chi connectivity index (χ2n) is 9.42. The van der Waals surface area contributed by atoms with E-state index in [0.29, 0.717) is 12.0 Å². The van der Waals surface area contributed by atoms with Gasteiger partial charge in [-0.25, -0.2) is 0 Å². The van der Waals surface area contributed by atoms with Gasteiger partial charge >= 0.3 is 0 Å². The van der Waals surface area contributed by atoms with Crippen molar-refractivity contribution < 1.29 is 15.0 Å². The Morgan fingerprint density at radius 3 is 2.76 bits per heavy atom. The molecule has 0 aliphatic heterocycles. The minimum Gasteiger partial charge on any atom is -0.515 e. The monoisotopic (exact) mass is 442 g/mol. The lowest BCUT2D eigenvalue weighted by atomic mass is 9.52. The second-order valence-corrected chi connectivity index (χ2v) is 9.42. The third kappa shape index (κ3) is 3.42. The van der Waals surface area contributed by atoms with E-state index < -0.39 is 5.41 Å². The van der Waals surface area contributed by atoms with Crippen LogP contribution in [0.15, 0.2) is 66.4 Å². The highest BCUT2D eigenvalue weighted by Crippen LogP contribution is 2.56. The molecule has 0 bridgehead atoms. The summed E-state index contributed by atoms with van der Waals surface area (Å²) in [6.45, 7) is 2.18. The number of H-pyrrole nitrogens is 1. The number of aliphatic hydroxyl groups is 2. The number of rotatable bonds is 5. The van der Waals surface area contributed by atoms with Crippen LogP contribution in [0.1, 0.15) is 48.6 Å². The van der Waals surface area contributed by atoms with Gasteiger partial charge in [0.05, 0.1) is 17.6 Å². The normalized spacial score (nSPS) is 25.6. The molecule has 0 saturated heterocycles. The fraction of sp³-hybridized carbons (Fsp3) is 0.357. The number of hydrogen-bond donors (Lipinski definition) is 3. The number of nitrogens with one attached hydrogen (secondary N) is 1. The highest BCUT2D eigenvalue weighted by molar-refractivity contribution is 5.98. The Morgan fingerprint density at radius 1 is 1.18 bits per heavy atom. The predicted octanol–water partition coefficient (Wildman–Crippen LogP) is 4.90. The molecule has 5 rings (SSSR count). The van der Waals surface area contributed by atoms with Gasteiger partial charge in [0.25, 0.3) is 0 Å². The Balaban J connectivity index is 1.67. The number of aryl methyl sites for hydroxylation is 1. The van der Waals surface area contributed by atoms with Crippen LogP contribution in [0.25, 0.3) is 11.3 Å². The first kappa shape index (κ1) is 21.7. The van der Waals surface area contributed by atoms with Gasteiger partial charge in [-0.1, -0.05) is 55.5 Å². The maximum atomic E-state index is 13.0. The number of benzene rings is 2. The molecule has 2 aromatic carbocycles. The molecule has 1 saturated carbocycles. The maximum absolute atomic E-state index is 13.0. The summed E-state index contributed by atoms with van der Waals surface area (Å²) in [6.07, 6.45) is 4.79. The van der Waals surface area contributed by atoms with Crippen molar-refractivity contribution in [2.24, 2.45) is 11.8 Å². The van der Waals surface area contributed by atoms with Gasteiger partial charge in [-0.3, -0.25) is 9.89 Å². The quantitative estimate of drug-likeness (QED) is 0.387. The molecule has 3 N–H and O–H groups in total. The van der Waals surface area contributed by atoms with Crippen LogP contribution in [-0.4, -0.2) is 32.8 Å². The van der Waals surface area contributed by atoms with Crippen molar-refractivity contribution in [3.63, 3.8) is 0 Å². The van der Waals surface area contributed by atoms with Crippen molar-refractivity contribution in [2.45, 2.75) is 44.4 Å². The van der Waals surface area contributed by atoms with E-state index in [-0.39, 0.29) is 24.2 Å². The van der Waals surface area contributed by atoms with Crippen LogP contribution in [0.4, 0.5) is 0 Å². The summed E-state index contributed by atoms with van der Waals surface area (Å²) in [4.78, 5) is 13.0. The fourth-order valence-corrected chi connectivity index (χ4v) is 6.16. The molecular weight excluding hydrogens is 412 g/mol. The zero-order valence-corrected chi connectivity index (χ0v) is 18.9. The van der Waals surface area contributed by atoms with Crippen LogP contribution in [0.2, 0.25) is 0 Å². The number of Topliss-reactive ketones (excluding diaryl/α,β-unsaturated/α-hetero) is 1. The number of aliphatic hydroxyl groups excluding tert-OH is 2. The Labute approximate surface area is 194 Å². The van der Waals surface area contributed by atoms with Crippen molar-refractivity contribution in [2.75, 3.05) is 6.61 Å². The van der Waals surface area contributed by atoms with E-state index in [1.165, 1.54) is 11.1 Å². The molecule has 1 aromatic heterocycles. The summed E-state index contributed by atoms with van der Waals surface area (Å²) >= 11 is 0. The molecule has 0 unspecified atom stereocenters. The summed E-state index contributed by atoms with van der Waals surface area (Å²) in [5.41, 5.74) is 6.68. The molecule has 5 nitrogen and oxygen atoms in total. The maximum Gasteiger partial charge on any atom is 0.165 e. The highest BCUT2D eigenvalue weighted by Gasteiger charge is 2.55. The lowest BCUT2D eigenvalue weighted by molar-refractivity contribution is -0.123. The van der Waals surface area contributed by atoms with Crippen molar-refractivity contribution in [1.29, 1.82) is 0 Å². The largest absolute Gasteiger partial charge is 0.515 e. The van der Waals surface area contributed by atoms with Crippen molar-refractivity contribution in [3.05, 3.63) is 88.8 Å². The van der Waals surface area contributed by atoms with E-state index in [1.807, 2.05) is 25.1 Å². The molecule has 5 heteroatoms. The van der Waals surface area contributed by atoms with Crippen LogP contribution in [-0.2, 0) is 23.1 Å². The highest BCUT2D eigenvalue weighted by atomic mass is 16.3. The van der Waals surface area contributed by atoms with Crippen molar-refractivity contribution in [1.82, 2.24) is 10.2 Å². The number of hydrogen-bond acceptors (Lipinski definition) is 4. The molecule has 2 aliphatic rings. The molecule has 33 heavy (non-hydrogen) atoms. The average Bonchev–Trinajstić information content (AvgIpc) is 3.30. The number of ketones is 1. The predicted molar refractivity (Wildman–Crippen MR) is 128 cm³/mol. The van der Waals surface area contributed by atoms with Crippen molar-refractivity contribution >= 4 is 5.78 Å². The number of aromatic amines is 1. The molecule has 1 fully saturated rings. The molecule has 0 amide bonds. The number of carbonyl (C=O) groups excluding carboxylic acids is 1. The van der Waals surface area contributed by atoms with Crippen LogP contribution in [0.5, 0.6) is 0 Å². The van der Waals surface area contributed by atoms with Crippen LogP contribution in [0, 0.1) is 11.8 Å². The summed E-state index contributed by atoms with van der Waals surface area (Å²) in [7, 11) is 0. The van der Waals surface area contributed by atoms with Gasteiger partial charge < -0.3 is 10.2 Å². The first-order chi connectivity index (χ1) is 16.1. The van der Waals surface area contributed by atoms with Crippen LogP contribution < -0.4 is 0 Å². The van der Waals surface area contributed by atoms with Gasteiger partial charge in [0.15, 0.2) is 5.78 Å². The molecular formula is C28H30N2O3. The van der Waals surface area contributed by atoms with E-state index in [4.69, 9.17) is 5.10 Å². The Bertz CT molecular complexity index is 1200. The molecule has 1 heterocycles. The minimum atomic E-state index is -0.458. The first-order valence-corrected chi connectivity index (χ1v) is 11.8. The Hall–Kier alpha value is -3.18. The zero-order valence-electron chi connectivity index (χ0n) is 18.9. The minimum absolute atomic E-state index is 0.0462. The first-order valence-electron chi connectivity index (χ1n) is 11.8. The number of aromatic nitrogens is 2. The van der Waals surface area contributed by atoms with Gasteiger partial charge in [-0.05, 0) is 55.2 Å². The van der Waals surface area contributed by atoms with E-state index in [0.717, 1.165) is 54.5 Å². The number of allylic oxidation sites excluding steroid dienone is 1. The van der Waals surface area contributed by atoms with Crippen molar-refractivity contribution in [3.8, 4) is 11.3 Å². The van der Waals surface area contributed by atoms with Gasteiger partial charge in [0.2, 0.25) is 0 Å². The Morgan fingerprint density at radius 2 is 2.00 bits per heavy atom. The lowest BCUT2D eigenvalue weighted by Crippen LogP contribution is -2.50. The summed E-state index contributed by atoms with van der Waals surface area (Å²) in [5.74, 6) is -0.0204. The lowest BCUT2D eigenvalue weighted by Gasteiger charge is -2.49. The molecule has 170 valence electrons. The molecule has 3 aromatic rings. The van der Waals surface area contributed by atoms with E-state index in [2.05, 4.69) is 41.5 Å². The number of nitrogens with zero attached hydrogens (tertiary/aromatic N) is 1. The smallest absolute Gasteiger partial charge is 0.165 e. The standard InChI is InChI=1S/C28H30N2O3/c1-18-24-13-12-23-25(20-9-5-7-19(15-20)8-6-14-31)29-30-27(23)28(24,16-21(17-32)26(18)33)22-10-3-2-4-11-22/h2-5,7,9-11,15,17-18,24,31-32H,6,8,12-14,16H2,1H3,(H,29,30)/b21-17-/t18-,24-,28+/m0/s1.